The largest absolute Gasteiger partial charge is 0.462 e. The van der Waals surface area contributed by atoms with Gasteiger partial charge in [-0.1, -0.05) is 328 Å². The van der Waals surface area contributed by atoms with E-state index < -0.39 is 6.10 Å². The Morgan fingerprint density at radius 3 is 0.685 bits per heavy atom. The van der Waals surface area contributed by atoms with Gasteiger partial charge in [-0.2, -0.15) is 0 Å². The molecule has 0 amide bonds. The van der Waals surface area contributed by atoms with Crippen LogP contribution in [0.2, 0.25) is 0 Å². The number of unbranched alkanes of at least 4 members (excludes halogenated alkanes) is 49. The average molecular weight is 1030 g/mol. The third kappa shape index (κ3) is 60.9. The van der Waals surface area contributed by atoms with Gasteiger partial charge >= 0.3 is 17.9 Å². The summed E-state index contributed by atoms with van der Waals surface area (Å²) in [6, 6.07) is 0. The molecular formula is C67H128O6. The number of allylic oxidation sites excluding steroid dienone is 2. The van der Waals surface area contributed by atoms with E-state index in [1.165, 1.54) is 283 Å². The smallest absolute Gasteiger partial charge is 0.306 e. The summed E-state index contributed by atoms with van der Waals surface area (Å²) in [7, 11) is 0. The molecule has 0 spiro atoms. The quantitative estimate of drug-likeness (QED) is 0.0261. The lowest BCUT2D eigenvalue weighted by atomic mass is 10.0. The number of esters is 3. The zero-order valence-electron chi connectivity index (χ0n) is 49.7. The van der Waals surface area contributed by atoms with Gasteiger partial charge in [0.15, 0.2) is 6.10 Å². The highest BCUT2D eigenvalue weighted by Crippen LogP contribution is 2.18. The molecule has 0 aliphatic rings. The first kappa shape index (κ1) is 71.2. The van der Waals surface area contributed by atoms with Crippen LogP contribution in [-0.2, 0) is 28.6 Å². The van der Waals surface area contributed by atoms with Crippen molar-refractivity contribution in [3.63, 3.8) is 0 Å². The minimum absolute atomic E-state index is 0.0632. The third-order valence-corrected chi connectivity index (χ3v) is 15.3. The lowest BCUT2D eigenvalue weighted by Gasteiger charge is -2.18. The number of carbonyl (C=O) groups is 3. The summed E-state index contributed by atoms with van der Waals surface area (Å²) in [5, 5.41) is 0. The Bertz CT molecular complexity index is 1130. The number of rotatable bonds is 62. The molecule has 0 fully saturated rings. The summed E-state index contributed by atoms with van der Waals surface area (Å²) >= 11 is 0. The standard InChI is InChI=1S/C67H128O6/c1-4-7-10-13-16-19-22-25-27-29-31-33-35-37-39-42-45-48-51-54-57-60-66(69)72-63-64(62-71-65(68)59-56-53-50-47-44-41-24-21-18-15-12-9-6-3)73-67(70)61-58-55-52-49-46-43-40-38-36-34-32-30-28-26-23-20-17-14-11-8-5-2/h25,27,64H,4-24,26,28-63H2,1-3H3/b27-25-/t64-/m0/s1. The molecule has 0 aromatic carbocycles. The van der Waals surface area contributed by atoms with Gasteiger partial charge in [-0.15, -0.1) is 0 Å². The van der Waals surface area contributed by atoms with Gasteiger partial charge in [0.25, 0.3) is 0 Å². The van der Waals surface area contributed by atoms with Crippen LogP contribution in [0.1, 0.15) is 380 Å². The van der Waals surface area contributed by atoms with Crippen molar-refractivity contribution >= 4 is 17.9 Å². The highest BCUT2D eigenvalue weighted by molar-refractivity contribution is 5.71. The fourth-order valence-electron chi connectivity index (χ4n) is 10.3. The fourth-order valence-corrected chi connectivity index (χ4v) is 10.3. The fraction of sp³-hybridized carbons (Fsp3) is 0.925. The van der Waals surface area contributed by atoms with Crippen molar-refractivity contribution in [2.45, 2.75) is 386 Å². The highest BCUT2D eigenvalue weighted by Gasteiger charge is 2.19. The predicted octanol–water partition coefficient (Wildman–Crippen LogP) is 22.4. The van der Waals surface area contributed by atoms with E-state index in [1.807, 2.05) is 0 Å². The molecule has 0 aromatic heterocycles. The van der Waals surface area contributed by atoms with Crippen LogP contribution in [0.3, 0.4) is 0 Å². The van der Waals surface area contributed by atoms with E-state index in [1.54, 1.807) is 0 Å². The third-order valence-electron chi connectivity index (χ3n) is 15.3. The van der Waals surface area contributed by atoms with Gasteiger partial charge < -0.3 is 14.2 Å². The molecule has 0 N–H and O–H groups in total. The minimum Gasteiger partial charge on any atom is -0.462 e. The van der Waals surface area contributed by atoms with Crippen molar-refractivity contribution in [1.82, 2.24) is 0 Å². The van der Waals surface area contributed by atoms with E-state index in [9.17, 15) is 14.4 Å². The molecule has 0 radical (unpaired) electrons. The van der Waals surface area contributed by atoms with Crippen LogP contribution < -0.4 is 0 Å². The molecule has 0 aliphatic carbocycles. The molecule has 0 bridgehead atoms. The van der Waals surface area contributed by atoms with E-state index >= 15 is 0 Å². The number of ether oxygens (including phenoxy) is 3. The molecule has 0 heterocycles. The first-order valence-corrected chi connectivity index (χ1v) is 33.2. The van der Waals surface area contributed by atoms with E-state index in [-0.39, 0.29) is 31.1 Å². The van der Waals surface area contributed by atoms with Gasteiger partial charge in [0.2, 0.25) is 0 Å². The van der Waals surface area contributed by atoms with E-state index in [0.29, 0.717) is 19.3 Å². The van der Waals surface area contributed by atoms with Crippen LogP contribution in [0.4, 0.5) is 0 Å². The van der Waals surface area contributed by atoms with Gasteiger partial charge in [0, 0.05) is 19.3 Å². The monoisotopic (exact) mass is 1030 g/mol. The first-order chi connectivity index (χ1) is 36.0. The molecule has 1 atom stereocenters. The van der Waals surface area contributed by atoms with Gasteiger partial charge in [0.1, 0.15) is 13.2 Å². The van der Waals surface area contributed by atoms with E-state index in [2.05, 4.69) is 32.9 Å². The number of hydrogen-bond donors (Lipinski definition) is 0. The van der Waals surface area contributed by atoms with Crippen LogP contribution in [-0.4, -0.2) is 37.2 Å². The maximum Gasteiger partial charge on any atom is 0.306 e. The van der Waals surface area contributed by atoms with E-state index in [0.717, 1.165) is 57.8 Å². The Labute approximate surface area is 456 Å². The predicted molar refractivity (Wildman–Crippen MR) is 317 cm³/mol. The van der Waals surface area contributed by atoms with Crippen molar-refractivity contribution in [3.05, 3.63) is 12.2 Å². The average Bonchev–Trinajstić information content (AvgIpc) is 3.39. The topological polar surface area (TPSA) is 78.9 Å². The van der Waals surface area contributed by atoms with Crippen LogP contribution in [0.5, 0.6) is 0 Å². The highest BCUT2D eigenvalue weighted by atomic mass is 16.6. The Kier molecular flexibility index (Phi) is 61.1. The van der Waals surface area contributed by atoms with Gasteiger partial charge in [-0.25, -0.2) is 0 Å². The summed E-state index contributed by atoms with van der Waals surface area (Å²) < 4.78 is 17.0. The SMILES string of the molecule is CCCCCCCC/C=C\CCCCCCCCCCCCCC(=O)OC[C@H](COC(=O)CCCCCCCCCCCCCCC)OC(=O)CCCCCCCCCCCCCCCCCCCCCCC. The van der Waals surface area contributed by atoms with Crippen LogP contribution in [0.15, 0.2) is 12.2 Å². The molecule has 73 heavy (non-hydrogen) atoms. The summed E-state index contributed by atoms with van der Waals surface area (Å²) in [6.45, 7) is 6.72. The summed E-state index contributed by atoms with van der Waals surface area (Å²) in [6.07, 6.45) is 73.7. The van der Waals surface area contributed by atoms with Crippen molar-refractivity contribution < 1.29 is 28.6 Å². The van der Waals surface area contributed by atoms with Crippen LogP contribution in [0, 0.1) is 0 Å². The van der Waals surface area contributed by atoms with Gasteiger partial charge in [-0.05, 0) is 44.9 Å². The Morgan fingerprint density at radius 1 is 0.260 bits per heavy atom. The normalized spacial score (nSPS) is 12.0. The summed E-state index contributed by atoms with van der Waals surface area (Å²) in [5.74, 6) is -0.831. The molecule has 6 nitrogen and oxygen atoms in total. The van der Waals surface area contributed by atoms with Crippen molar-refractivity contribution in [3.8, 4) is 0 Å². The molecule has 432 valence electrons. The lowest BCUT2D eigenvalue weighted by molar-refractivity contribution is -0.167. The molecule has 6 heteroatoms. The Hall–Kier alpha value is -1.85. The second-order valence-electron chi connectivity index (χ2n) is 22.7. The maximum absolute atomic E-state index is 12.9. The molecule has 0 unspecified atom stereocenters. The number of carbonyl (C=O) groups excluding carboxylic acids is 3. The van der Waals surface area contributed by atoms with Crippen LogP contribution >= 0.6 is 0 Å². The first-order valence-electron chi connectivity index (χ1n) is 33.2. The summed E-state index contributed by atoms with van der Waals surface area (Å²) in [5.41, 5.74) is 0. The molecule has 0 aromatic rings. The second-order valence-corrected chi connectivity index (χ2v) is 22.7. The minimum atomic E-state index is -0.765. The summed E-state index contributed by atoms with van der Waals surface area (Å²) in [4.78, 5) is 38.3. The Balaban J connectivity index is 4.25. The van der Waals surface area contributed by atoms with Crippen molar-refractivity contribution in [1.29, 1.82) is 0 Å². The maximum atomic E-state index is 12.9. The number of hydrogen-bond acceptors (Lipinski definition) is 6. The lowest BCUT2D eigenvalue weighted by Crippen LogP contribution is -2.30. The zero-order chi connectivity index (χ0) is 52.9. The van der Waals surface area contributed by atoms with Crippen LogP contribution in [0.25, 0.3) is 0 Å². The van der Waals surface area contributed by atoms with Crippen molar-refractivity contribution in [2.24, 2.45) is 0 Å². The zero-order valence-corrected chi connectivity index (χ0v) is 49.7. The molecular weight excluding hydrogens is 901 g/mol. The van der Waals surface area contributed by atoms with Gasteiger partial charge in [-0.3, -0.25) is 14.4 Å². The molecule has 0 rings (SSSR count). The van der Waals surface area contributed by atoms with Crippen molar-refractivity contribution in [2.75, 3.05) is 13.2 Å². The molecule has 0 saturated carbocycles. The molecule has 0 saturated heterocycles. The Morgan fingerprint density at radius 2 is 0.452 bits per heavy atom. The molecule has 0 aliphatic heterocycles. The second kappa shape index (κ2) is 62.7. The van der Waals surface area contributed by atoms with E-state index in [4.69, 9.17) is 14.2 Å². The van der Waals surface area contributed by atoms with Gasteiger partial charge in [0.05, 0.1) is 0 Å².